The quantitative estimate of drug-likeness (QED) is 0.765. The first kappa shape index (κ1) is 14.5. The summed E-state index contributed by atoms with van der Waals surface area (Å²) in [6, 6.07) is 3.64. The lowest BCUT2D eigenvalue weighted by atomic mass is 10.2. The van der Waals surface area contributed by atoms with Gasteiger partial charge in [-0.15, -0.1) is 16.7 Å². The van der Waals surface area contributed by atoms with Crippen molar-refractivity contribution in [1.29, 1.82) is 0 Å². The number of alkyl halides is 1. The molecule has 0 aliphatic heterocycles. The number of hydrogen-bond donors (Lipinski definition) is 0. The predicted octanol–water partition coefficient (Wildman–Crippen LogP) is 2.15. The van der Waals surface area contributed by atoms with Gasteiger partial charge in [-0.05, 0) is 17.7 Å². The highest BCUT2D eigenvalue weighted by molar-refractivity contribution is 6.17. The summed E-state index contributed by atoms with van der Waals surface area (Å²) < 4.78 is 18.0. The van der Waals surface area contributed by atoms with Crippen LogP contribution in [0.4, 0.5) is 0 Å². The lowest BCUT2D eigenvalue weighted by Gasteiger charge is -2.14. The molecule has 0 spiro atoms. The lowest BCUT2D eigenvalue weighted by molar-refractivity contribution is 0.262. The highest BCUT2D eigenvalue weighted by atomic mass is 35.5. The Kier molecular flexibility index (Phi) is 4.68. The summed E-state index contributed by atoms with van der Waals surface area (Å²) in [4.78, 5) is 0. The average Bonchev–Trinajstić information content (AvgIpc) is 2.89. The smallest absolute Gasteiger partial charge is 0.203 e. The summed E-state index contributed by atoms with van der Waals surface area (Å²) in [7, 11) is 4.94. The molecule has 0 amide bonds. The Morgan fingerprint density at radius 3 is 2.30 bits per heavy atom. The van der Waals surface area contributed by atoms with E-state index in [1.54, 1.807) is 32.1 Å². The molecule has 0 N–H and O–H groups in total. The molecule has 0 saturated carbocycles. The Bertz CT molecular complexity index is 561. The largest absolute Gasteiger partial charge is 0.493 e. The van der Waals surface area contributed by atoms with Crippen LogP contribution < -0.4 is 14.2 Å². The molecule has 6 nitrogen and oxygen atoms in total. The lowest BCUT2D eigenvalue weighted by Crippen LogP contribution is -2.01. The first-order valence-corrected chi connectivity index (χ1v) is 6.50. The third-order valence-corrected chi connectivity index (χ3v) is 3.00. The maximum absolute atomic E-state index is 5.84. The van der Waals surface area contributed by atoms with Crippen molar-refractivity contribution in [3.63, 3.8) is 0 Å². The number of nitrogens with zero attached hydrogens (tertiary/aromatic N) is 3. The van der Waals surface area contributed by atoms with Crippen molar-refractivity contribution in [3.8, 4) is 17.2 Å². The minimum absolute atomic E-state index is 0.279. The van der Waals surface area contributed by atoms with Gasteiger partial charge in [-0.25, -0.2) is 0 Å². The summed E-state index contributed by atoms with van der Waals surface area (Å²) in [5.74, 6) is 2.04. The van der Waals surface area contributed by atoms with E-state index < -0.39 is 0 Å². The first-order chi connectivity index (χ1) is 9.67. The molecule has 1 aromatic carbocycles. The fourth-order valence-electron chi connectivity index (χ4n) is 1.76. The van der Waals surface area contributed by atoms with Gasteiger partial charge in [0.05, 0.1) is 20.4 Å². The highest BCUT2D eigenvalue weighted by Crippen LogP contribution is 2.39. The Morgan fingerprint density at radius 2 is 1.85 bits per heavy atom. The van der Waals surface area contributed by atoms with E-state index in [2.05, 4.69) is 10.3 Å². The number of methoxy groups -OCH3 is 2. The molecule has 2 rings (SSSR count). The third-order valence-electron chi connectivity index (χ3n) is 2.69. The number of hydrogen-bond acceptors (Lipinski definition) is 5. The fourth-order valence-corrected chi connectivity index (χ4v) is 1.92. The molecule has 0 aliphatic carbocycles. The molecule has 0 saturated heterocycles. The van der Waals surface area contributed by atoms with Gasteiger partial charge >= 0.3 is 0 Å². The molecule has 0 atom stereocenters. The minimum atomic E-state index is 0.279. The second kappa shape index (κ2) is 6.47. The first-order valence-electron chi connectivity index (χ1n) is 5.96. The van der Waals surface area contributed by atoms with Crippen molar-refractivity contribution in [3.05, 3.63) is 29.6 Å². The number of ether oxygens (including phenoxy) is 3. The van der Waals surface area contributed by atoms with E-state index in [4.69, 9.17) is 25.8 Å². The monoisotopic (exact) mass is 297 g/mol. The van der Waals surface area contributed by atoms with Crippen molar-refractivity contribution in [2.45, 2.75) is 12.5 Å². The van der Waals surface area contributed by atoms with Crippen molar-refractivity contribution >= 4 is 11.6 Å². The number of aromatic nitrogens is 3. The van der Waals surface area contributed by atoms with Gasteiger partial charge in [0.2, 0.25) is 5.75 Å². The van der Waals surface area contributed by atoms with E-state index in [1.807, 2.05) is 12.1 Å². The zero-order chi connectivity index (χ0) is 14.5. The summed E-state index contributed by atoms with van der Waals surface area (Å²) in [5, 5.41) is 7.81. The SMILES string of the molecule is COc1cc(CCl)cc(OC)c1OCc1cn(C)nn1. The van der Waals surface area contributed by atoms with E-state index in [1.165, 1.54) is 0 Å². The molecule has 0 fully saturated rings. The van der Waals surface area contributed by atoms with Gasteiger partial charge in [0.15, 0.2) is 11.5 Å². The Balaban J connectivity index is 2.24. The molecule has 0 aliphatic rings. The van der Waals surface area contributed by atoms with E-state index in [0.29, 0.717) is 23.1 Å². The molecule has 1 heterocycles. The van der Waals surface area contributed by atoms with Gasteiger partial charge < -0.3 is 14.2 Å². The molecule has 1 aromatic heterocycles. The predicted molar refractivity (Wildman–Crippen MR) is 74.4 cm³/mol. The molecule has 20 heavy (non-hydrogen) atoms. The normalized spacial score (nSPS) is 10.4. The molecule has 0 radical (unpaired) electrons. The van der Waals surface area contributed by atoms with Crippen molar-refractivity contribution < 1.29 is 14.2 Å². The topological polar surface area (TPSA) is 58.4 Å². The molecule has 0 bridgehead atoms. The van der Waals surface area contributed by atoms with Crippen molar-refractivity contribution in [2.75, 3.05) is 14.2 Å². The molecule has 0 unspecified atom stereocenters. The van der Waals surface area contributed by atoms with Gasteiger partial charge in [0.1, 0.15) is 12.3 Å². The zero-order valence-corrected chi connectivity index (χ0v) is 12.3. The highest BCUT2D eigenvalue weighted by Gasteiger charge is 2.14. The van der Waals surface area contributed by atoms with Crippen LogP contribution in [0.5, 0.6) is 17.2 Å². The van der Waals surface area contributed by atoms with Crippen LogP contribution in [0.15, 0.2) is 18.3 Å². The number of aryl methyl sites for hydroxylation is 1. The number of rotatable bonds is 6. The number of benzene rings is 1. The maximum Gasteiger partial charge on any atom is 0.203 e. The maximum atomic E-state index is 5.84. The van der Waals surface area contributed by atoms with Crippen molar-refractivity contribution in [2.24, 2.45) is 7.05 Å². The number of halogens is 1. The Labute approximate surface area is 122 Å². The summed E-state index contributed by atoms with van der Waals surface area (Å²) in [6.45, 7) is 0.279. The van der Waals surface area contributed by atoms with E-state index in [9.17, 15) is 0 Å². The van der Waals surface area contributed by atoms with Crippen LogP contribution in [0, 0.1) is 0 Å². The molecule has 108 valence electrons. The van der Waals surface area contributed by atoms with E-state index in [-0.39, 0.29) is 6.61 Å². The second-order valence-electron chi connectivity index (χ2n) is 4.14. The van der Waals surface area contributed by atoms with E-state index >= 15 is 0 Å². The van der Waals surface area contributed by atoms with Crippen LogP contribution in [-0.4, -0.2) is 29.2 Å². The average molecular weight is 298 g/mol. The molecule has 7 heteroatoms. The van der Waals surface area contributed by atoms with Gasteiger partial charge in [-0.1, -0.05) is 5.21 Å². The van der Waals surface area contributed by atoms with Gasteiger partial charge in [-0.2, -0.15) is 0 Å². The van der Waals surface area contributed by atoms with Crippen LogP contribution >= 0.6 is 11.6 Å². The van der Waals surface area contributed by atoms with Gasteiger partial charge in [0, 0.05) is 12.9 Å². The fraction of sp³-hybridized carbons (Fsp3) is 0.385. The van der Waals surface area contributed by atoms with Crippen LogP contribution in [0.1, 0.15) is 11.3 Å². The van der Waals surface area contributed by atoms with Crippen LogP contribution in [0.3, 0.4) is 0 Å². The summed E-state index contributed by atoms with van der Waals surface area (Å²) in [5.41, 5.74) is 1.62. The Morgan fingerprint density at radius 1 is 1.20 bits per heavy atom. The van der Waals surface area contributed by atoms with Crippen molar-refractivity contribution in [1.82, 2.24) is 15.0 Å². The summed E-state index contributed by atoms with van der Waals surface area (Å²) >= 11 is 5.84. The second-order valence-corrected chi connectivity index (χ2v) is 4.40. The van der Waals surface area contributed by atoms with Crippen LogP contribution in [0.2, 0.25) is 0 Å². The molecule has 2 aromatic rings. The minimum Gasteiger partial charge on any atom is -0.493 e. The Hall–Kier alpha value is -1.95. The third kappa shape index (κ3) is 3.14. The molecular formula is C13H16ClN3O3. The zero-order valence-electron chi connectivity index (χ0n) is 11.6. The van der Waals surface area contributed by atoms with Crippen LogP contribution in [-0.2, 0) is 19.5 Å². The van der Waals surface area contributed by atoms with Crippen LogP contribution in [0.25, 0.3) is 0 Å². The van der Waals surface area contributed by atoms with E-state index in [0.717, 1.165) is 11.3 Å². The molecular weight excluding hydrogens is 282 g/mol. The van der Waals surface area contributed by atoms with Gasteiger partial charge in [0.25, 0.3) is 0 Å². The standard InChI is InChI=1S/C13H16ClN3O3/c1-17-7-10(15-16-17)8-20-13-11(18-2)4-9(6-14)5-12(13)19-3/h4-5,7H,6,8H2,1-3H3. The summed E-state index contributed by atoms with van der Waals surface area (Å²) in [6.07, 6.45) is 1.78. The van der Waals surface area contributed by atoms with Gasteiger partial charge in [-0.3, -0.25) is 4.68 Å².